The third-order valence-corrected chi connectivity index (χ3v) is 5.28. The van der Waals surface area contributed by atoms with E-state index in [2.05, 4.69) is 16.8 Å². The average Bonchev–Trinajstić information content (AvgIpc) is 2.73. The Morgan fingerprint density at radius 2 is 1.31 bits per heavy atom. The van der Waals surface area contributed by atoms with Gasteiger partial charge in [-0.3, -0.25) is 14.4 Å². The Morgan fingerprint density at radius 1 is 0.800 bits per heavy atom. The van der Waals surface area contributed by atoms with E-state index in [1.54, 1.807) is 0 Å². The molecule has 1 atom stereocenters. The van der Waals surface area contributed by atoms with Crippen molar-refractivity contribution in [1.82, 2.24) is 5.32 Å². The summed E-state index contributed by atoms with van der Waals surface area (Å²) in [5.41, 5.74) is 0. The minimum Gasteiger partial charge on any atom is -0.790 e. The van der Waals surface area contributed by atoms with Gasteiger partial charge in [0, 0.05) is 26.3 Å². The molecule has 0 heterocycles. The molecule has 0 rings (SSSR count). The van der Waals surface area contributed by atoms with Crippen LogP contribution < -0.4 is 74.2 Å². The van der Waals surface area contributed by atoms with Crippen LogP contribution in [-0.4, -0.2) is 43.7 Å². The summed E-state index contributed by atoms with van der Waals surface area (Å²) in [6.45, 7) is 3.19. The van der Waals surface area contributed by atoms with Crippen LogP contribution in [0.5, 0.6) is 0 Å². The Labute approximate surface area is 254 Å². The van der Waals surface area contributed by atoms with E-state index in [0.29, 0.717) is 19.4 Å². The molecule has 0 saturated carbocycles. The van der Waals surface area contributed by atoms with Gasteiger partial charge in [-0.15, -0.1) is 0 Å². The summed E-state index contributed by atoms with van der Waals surface area (Å²) >= 11 is 0. The first-order valence-electron chi connectivity index (χ1n) is 11.9. The molecule has 0 aliphatic carbocycles. The van der Waals surface area contributed by atoms with Crippen LogP contribution in [0.4, 0.5) is 0 Å². The summed E-state index contributed by atoms with van der Waals surface area (Å²) < 4.78 is 25.2. The normalized spacial score (nSPS) is 11.5. The fraction of sp³-hybridized carbons (Fsp3) is 0.864. The van der Waals surface area contributed by atoms with Crippen molar-refractivity contribution in [2.75, 3.05) is 19.8 Å². The molecule has 0 radical (unpaired) electrons. The van der Waals surface area contributed by atoms with E-state index in [9.17, 15) is 28.7 Å². The molecule has 0 aliphatic rings. The van der Waals surface area contributed by atoms with Gasteiger partial charge >= 0.3 is 71.1 Å². The molecule has 1 N–H and O–H groups in total. The van der Waals surface area contributed by atoms with Crippen LogP contribution in [0.3, 0.4) is 0 Å². The van der Waals surface area contributed by atoms with E-state index in [1.165, 1.54) is 6.92 Å². The second-order valence-electron chi connectivity index (χ2n) is 8.06. The molecule has 0 bridgehead atoms. The maximum atomic E-state index is 12.0. The quantitative estimate of drug-likeness (QED) is 0.0678. The van der Waals surface area contributed by atoms with Crippen LogP contribution in [0.15, 0.2) is 0 Å². The number of unbranched alkanes of at least 4 members (excludes halogenated alkanes) is 9. The molecule has 0 fully saturated rings. The number of hydrogen-bond acceptors (Lipinski definition) is 9. The number of phosphoric ester groups is 1. The number of ether oxygens (including phenoxy) is 2. The van der Waals surface area contributed by atoms with Crippen LogP contribution in [0.1, 0.15) is 97.3 Å². The Hall–Kier alpha value is 0.520. The molecule has 0 aromatic rings. The van der Waals surface area contributed by atoms with Crippen LogP contribution in [0.2, 0.25) is 0 Å². The zero-order valence-corrected chi connectivity index (χ0v) is 26.9. The van der Waals surface area contributed by atoms with Crippen molar-refractivity contribution in [2.24, 2.45) is 0 Å². The zero-order valence-electron chi connectivity index (χ0n) is 22.0. The van der Waals surface area contributed by atoms with Crippen molar-refractivity contribution >= 4 is 25.7 Å². The van der Waals surface area contributed by atoms with Crippen molar-refractivity contribution in [1.29, 1.82) is 0 Å². The van der Waals surface area contributed by atoms with E-state index in [-0.39, 0.29) is 84.5 Å². The van der Waals surface area contributed by atoms with Gasteiger partial charge < -0.3 is 33.7 Å². The van der Waals surface area contributed by atoms with Gasteiger partial charge in [-0.05, 0) is 19.3 Å². The van der Waals surface area contributed by atoms with Crippen molar-refractivity contribution < 1.29 is 102 Å². The number of phosphoric acid groups is 1. The van der Waals surface area contributed by atoms with E-state index < -0.39 is 32.5 Å². The number of nitrogens with one attached hydrogen (secondary N) is 1. The number of carbonyl (C=O) groups excluding carboxylic acids is 3. The molecule has 0 aromatic heterocycles. The minimum atomic E-state index is -5.24. The van der Waals surface area contributed by atoms with Gasteiger partial charge in [-0.2, -0.15) is 0 Å². The summed E-state index contributed by atoms with van der Waals surface area (Å²) in [5.74, 6) is -1.08. The van der Waals surface area contributed by atoms with Crippen LogP contribution >= 0.6 is 7.82 Å². The van der Waals surface area contributed by atoms with Gasteiger partial charge in [-0.25, -0.2) is 0 Å². The first kappa shape index (κ1) is 40.0. The van der Waals surface area contributed by atoms with Crippen molar-refractivity contribution in [3.63, 3.8) is 0 Å². The number of esters is 2. The third kappa shape index (κ3) is 30.6. The second kappa shape index (κ2) is 26.1. The third-order valence-electron chi connectivity index (χ3n) is 4.81. The molecule has 0 aliphatic heterocycles. The van der Waals surface area contributed by atoms with Gasteiger partial charge in [0.05, 0.1) is 14.4 Å². The molecule has 13 heteroatoms. The maximum absolute atomic E-state index is 12.0. The number of rotatable bonds is 21. The van der Waals surface area contributed by atoms with Gasteiger partial charge in [0.25, 0.3) is 0 Å². The van der Waals surface area contributed by atoms with E-state index >= 15 is 0 Å². The Balaban J connectivity index is -0.00000512. The first-order chi connectivity index (χ1) is 15.6. The zero-order chi connectivity index (χ0) is 25.0. The Bertz CT molecular complexity index is 605. The van der Waals surface area contributed by atoms with Gasteiger partial charge in [0.1, 0.15) is 6.61 Å². The molecule has 194 valence electrons. The standard InChI is InChI=1S/C22H42NO9P.2Na/c1-3-4-5-8-12-15-22(26)32-20(18-31-33(27,28)29)17-30-21(25)14-11-9-6-7-10-13-16-23-19(2)24;;/h20H,3-18H2,1-2H3,(H,23,24)(H2,27,28,29);;/q;2*+1/p-2/t20-;;/m0../s1. The minimum absolute atomic E-state index is 0. The summed E-state index contributed by atoms with van der Waals surface area (Å²) in [4.78, 5) is 56.1. The molecular formula is C22H40NNa2O9P. The number of hydrogen-bond donors (Lipinski definition) is 1. The molecule has 1 amide bonds. The van der Waals surface area contributed by atoms with E-state index in [1.807, 2.05) is 0 Å². The first-order valence-corrected chi connectivity index (χ1v) is 13.4. The van der Waals surface area contributed by atoms with Crippen LogP contribution in [0, 0.1) is 0 Å². The predicted molar refractivity (Wildman–Crippen MR) is 119 cm³/mol. The fourth-order valence-electron chi connectivity index (χ4n) is 3.03. The largest absolute Gasteiger partial charge is 1.00 e. The molecular weight excluding hydrogens is 499 g/mol. The van der Waals surface area contributed by atoms with E-state index in [0.717, 1.165) is 57.8 Å². The van der Waals surface area contributed by atoms with Gasteiger partial charge in [-0.1, -0.05) is 58.3 Å². The summed E-state index contributed by atoms with van der Waals surface area (Å²) in [6.07, 6.45) is 9.27. The van der Waals surface area contributed by atoms with Crippen LogP contribution in [0.25, 0.3) is 0 Å². The average molecular weight is 540 g/mol. The molecule has 0 unspecified atom stereocenters. The molecule has 0 saturated heterocycles. The summed E-state index contributed by atoms with van der Waals surface area (Å²) in [7, 11) is -5.24. The fourth-order valence-corrected chi connectivity index (χ4v) is 3.38. The maximum Gasteiger partial charge on any atom is 1.00 e. The molecule has 10 nitrogen and oxygen atoms in total. The van der Waals surface area contributed by atoms with Crippen molar-refractivity contribution in [3.8, 4) is 0 Å². The summed E-state index contributed by atoms with van der Waals surface area (Å²) in [6, 6.07) is 0. The van der Waals surface area contributed by atoms with Crippen LogP contribution in [-0.2, 0) is 32.9 Å². The van der Waals surface area contributed by atoms with Gasteiger partial charge in [0.2, 0.25) is 5.91 Å². The topological polar surface area (TPSA) is 154 Å². The predicted octanol–water partition coefficient (Wildman–Crippen LogP) is -3.48. The molecule has 0 aromatic carbocycles. The number of amides is 1. The Kier molecular flexibility index (Phi) is 29.9. The SMILES string of the molecule is CCCCCCCC(=O)O[C@@H](COC(=O)CCCCCCCCNC(C)=O)COP(=O)([O-])[O-].[Na+].[Na+]. The Morgan fingerprint density at radius 3 is 1.86 bits per heavy atom. The molecule has 0 spiro atoms. The van der Waals surface area contributed by atoms with Crippen molar-refractivity contribution in [2.45, 2.75) is 103 Å². The summed E-state index contributed by atoms with van der Waals surface area (Å²) in [5, 5.41) is 2.74. The van der Waals surface area contributed by atoms with E-state index in [4.69, 9.17) is 9.47 Å². The van der Waals surface area contributed by atoms with Gasteiger partial charge in [0.15, 0.2) is 6.10 Å². The monoisotopic (exact) mass is 539 g/mol. The second-order valence-corrected chi connectivity index (χ2v) is 9.21. The van der Waals surface area contributed by atoms with Crippen molar-refractivity contribution in [3.05, 3.63) is 0 Å². The smallest absolute Gasteiger partial charge is 0.790 e. The number of carbonyl (C=O) groups is 3. The molecule has 35 heavy (non-hydrogen) atoms.